The first-order valence-electron chi connectivity index (χ1n) is 4.50. The molecule has 4 nitrogen and oxygen atoms in total. The van der Waals surface area contributed by atoms with Crippen molar-refractivity contribution in [1.29, 1.82) is 0 Å². The molecule has 0 aliphatic rings. The van der Waals surface area contributed by atoms with E-state index in [2.05, 4.69) is 34.2 Å². The Morgan fingerprint density at radius 3 is 3.00 bits per heavy atom. The molecule has 2 N–H and O–H groups in total. The fourth-order valence-electron chi connectivity index (χ4n) is 1.17. The van der Waals surface area contributed by atoms with Gasteiger partial charge in [-0.2, -0.15) is 15.4 Å². The number of rotatable bonds is 5. The molecule has 0 aliphatic heterocycles. The van der Waals surface area contributed by atoms with Gasteiger partial charge in [0, 0.05) is 0 Å². The second-order valence-electron chi connectivity index (χ2n) is 3.13. The van der Waals surface area contributed by atoms with Crippen LogP contribution in [0.15, 0.2) is 18.3 Å². The minimum absolute atomic E-state index is 0.124. The highest BCUT2D eigenvalue weighted by atomic mass is 15.3. The topological polar surface area (TPSA) is 53.6 Å². The van der Waals surface area contributed by atoms with Crippen molar-refractivity contribution >= 4 is 0 Å². The van der Waals surface area contributed by atoms with Gasteiger partial charge in [-0.25, -0.2) is 0 Å². The molecule has 0 saturated heterocycles. The van der Waals surface area contributed by atoms with Gasteiger partial charge in [0.05, 0.1) is 12.2 Å². The molecule has 4 heteroatoms. The van der Waals surface area contributed by atoms with Crippen LogP contribution in [0.2, 0.25) is 0 Å². The molecule has 0 radical (unpaired) electrons. The molecule has 0 fully saturated rings. The second-order valence-corrected chi connectivity index (χ2v) is 3.13. The van der Waals surface area contributed by atoms with Crippen LogP contribution in [0.3, 0.4) is 0 Å². The van der Waals surface area contributed by atoms with Gasteiger partial charge < -0.3 is 5.32 Å². The number of hydrogen-bond donors (Lipinski definition) is 2. The zero-order chi connectivity index (χ0) is 9.68. The van der Waals surface area contributed by atoms with Crippen molar-refractivity contribution in [3.63, 3.8) is 0 Å². The van der Waals surface area contributed by atoms with Crippen molar-refractivity contribution in [2.24, 2.45) is 0 Å². The van der Waals surface area contributed by atoms with E-state index >= 15 is 0 Å². The molecule has 0 spiro atoms. The average Bonchev–Trinajstić information content (AvgIpc) is 2.57. The molecule has 0 saturated carbocycles. The van der Waals surface area contributed by atoms with E-state index in [9.17, 15) is 0 Å². The lowest BCUT2D eigenvalue weighted by atomic mass is 10.1. The van der Waals surface area contributed by atoms with Crippen molar-refractivity contribution in [2.45, 2.75) is 26.3 Å². The van der Waals surface area contributed by atoms with Crippen LogP contribution in [0, 0.1) is 0 Å². The number of aromatic amines is 1. The second kappa shape index (κ2) is 4.77. The standard InChI is InChI=1S/C9H16N4/c1-4-5-10-9(7(2)3)8-6-11-13-12-8/h6,9-10H,2,4-5H2,1,3H3,(H,11,12,13). The minimum atomic E-state index is 0.124. The summed E-state index contributed by atoms with van der Waals surface area (Å²) in [5.74, 6) is 0. The Labute approximate surface area is 78.4 Å². The van der Waals surface area contributed by atoms with Gasteiger partial charge in [-0.1, -0.05) is 19.1 Å². The minimum Gasteiger partial charge on any atom is -0.305 e. The number of nitrogens with one attached hydrogen (secondary N) is 2. The monoisotopic (exact) mass is 180 g/mol. The Morgan fingerprint density at radius 1 is 1.77 bits per heavy atom. The molecule has 1 unspecified atom stereocenters. The predicted molar refractivity (Wildman–Crippen MR) is 52.2 cm³/mol. The van der Waals surface area contributed by atoms with Gasteiger partial charge in [0.25, 0.3) is 0 Å². The summed E-state index contributed by atoms with van der Waals surface area (Å²) in [6, 6.07) is 0.124. The van der Waals surface area contributed by atoms with Gasteiger partial charge in [0.2, 0.25) is 0 Å². The summed E-state index contributed by atoms with van der Waals surface area (Å²) in [6.07, 6.45) is 2.82. The first-order chi connectivity index (χ1) is 6.25. The van der Waals surface area contributed by atoms with Crippen LogP contribution in [0.4, 0.5) is 0 Å². The van der Waals surface area contributed by atoms with Gasteiger partial charge in [-0.05, 0) is 19.9 Å². The molecule has 0 aliphatic carbocycles. The maximum Gasteiger partial charge on any atom is 0.104 e. The van der Waals surface area contributed by atoms with Crippen LogP contribution in [-0.2, 0) is 0 Å². The average molecular weight is 180 g/mol. The van der Waals surface area contributed by atoms with Gasteiger partial charge >= 0.3 is 0 Å². The third-order valence-corrected chi connectivity index (χ3v) is 1.82. The van der Waals surface area contributed by atoms with Crippen LogP contribution in [0.1, 0.15) is 32.0 Å². The van der Waals surface area contributed by atoms with E-state index in [1.165, 1.54) is 0 Å². The lowest BCUT2D eigenvalue weighted by molar-refractivity contribution is 0.578. The molecule has 1 rings (SSSR count). The van der Waals surface area contributed by atoms with Crippen LogP contribution < -0.4 is 5.32 Å². The summed E-state index contributed by atoms with van der Waals surface area (Å²) in [5, 5.41) is 13.8. The van der Waals surface area contributed by atoms with Crippen molar-refractivity contribution < 1.29 is 0 Å². The van der Waals surface area contributed by atoms with Crippen LogP contribution in [-0.4, -0.2) is 22.0 Å². The zero-order valence-electron chi connectivity index (χ0n) is 8.17. The predicted octanol–water partition coefficient (Wildman–Crippen LogP) is 1.42. The van der Waals surface area contributed by atoms with E-state index in [1.807, 2.05) is 6.92 Å². The van der Waals surface area contributed by atoms with Crippen molar-refractivity contribution in [3.8, 4) is 0 Å². The van der Waals surface area contributed by atoms with E-state index in [1.54, 1.807) is 6.20 Å². The molecule has 1 aromatic heterocycles. The SMILES string of the molecule is C=C(C)C(NCCC)c1cn[nH]n1. The Kier molecular flexibility index (Phi) is 3.64. The highest BCUT2D eigenvalue weighted by molar-refractivity contribution is 5.14. The Morgan fingerprint density at radius 2 is 2.54 bits per heavy atom. The van der Waals surface area contributed by atoms with Crippen LogP contribution in [0.5, 0.6) is 0 Å². The molecule has 13 heavy (non-hydrogen) atoms. The molecule has 1 aromatic rings. The summed E-state index contributed by atoms with van der Waals surface area (Å²) in [7, 11) is 0. The van der Waals surface area contributed by atoms with E-state index < -0.39 is 0 Å². The fourth-order valence-corrected chi connectivity index (χ4v) is 1.17. The third-order valence-electron chi connectivity index (χ3n) is 1.82. The summed E-state index contributed by atoms with van der Waals surface area (Å²) in [6.45, 7) is 9.00. The number of aromatic nitrogens is 3. The largest absolute Gasteiger partial charge is 0.305 e. The normalized spacial score (nSPS) is 12.8. The summed E-state index contributed by atoms with van der Waals surface area (Å²) >= 11 is 0. The molecule has 0 amide bonds. The first kappa shape index (κ1) is 9.92. The smallest absolute Gasteiger partial charge is 0.104 e. The highest BCUT2D eigenvalue weighted by Crippen LogP contribution is 2.16. The number of nitrogens with zero attached hydrogens (tertiary/aromatic N) is 2. The molecule has 0 bridgehead atoms. The number of H-pyrrole nitrogens is 1. The highest BCUT2D eigenvalue weighted by Gasteiger charge is 2.13. The maximum absolute atomic E-state index is 4.03. The summed E-state index contributed by atoms with van der Waals surface area (Å²) in [4.78, 5) is 0. The molecule has 0 aromatic carbocycles. The first-order valence-corrected chi connectivity index (χ1v) is 4.50. The van der Waals surface area contributed by atoms with Crippen LogP contribution >= 0.6 is 0 Å². The lowest BCUT2D eigenvalue weighted by Gasteiger charge is -2.15. The molecular formula is C9H16N4. The van der Waals surface area contributed by atoms with Gasteiger partial charge in [0.1, 0.15) is 5.69 Å². The van der Waals surface area contributed by atoms with E-state index in [4.69, 9.17) is 0 Å². The van der Waals surface area contributed by atoms with Crippen LogP contribution in [0.25, 0.3) is 0 Å². The fraction of sp³-hybridized carbons (Fsp3) is 0.556. The van der Waals surface area contributed by atoms with Gasteiger partial charge in [-0.15, -0.1) is 0 Å². The maximum atomic E-state index is 4.03. The van der Waals surface area contributed by atoms with Crippen molar-refractivity contribution in [2.75, 3.05) is 6.54 Å². The van der Waals surface area contributed by atoms with Crippen molar-refractivity contribution in [3.05, 3.63) is 24.0 Å². The van der Waals surface area contributed by atoms with Gasteiger partial charge in [-0.3, -0.25) is 0 Å². The lowest BCUT2D eigenvalue weighted by Crippen LogP contribution is -2.23. The molecular weight excluding hydrogens is 164 g/mol. The molecule has 72 valence electrons. The Balaban J connectivity index is 2.63. The van der Waals surface area contributed by atoms with E-state index in [-0.39, 0.29) is 6.04 Å². The van der Waals surface area contributed by atoms with Gasteiger partial charge in [0.15, 0.2) is 0 Å². The molecule has 1 atom stereocenters. The summed E-state index contributed by atoms with van der Waals surface area (Å²) in [5.41, 5.74) is 1.96. The third kappa shape index (κ3) is 2.66. The van der Waals surface area contributed by atoms with Crippen molar-refractivity contribution in [1.82, 2.24) is 20.7 Å². The Bertz CT molecular complexity index is 253. The quantitative estimate of drug-likeness (QED) is 0.674. The Hall–Kier alpha value is -1.16. The number of hydrogen-bond acceptors (Lipinski definition) is 3. The van der Waals surface area contributed by atoms with E-state index in [0.717, 1.165) is 24.2 Å². The zero-order valence-corrected chi connectivity index (χ0v) is 8.17. The van der Waals surface area contributed by atoms with E-state index in [0.29, 0.717) is 0 Å². The molecule has 1 heterocycles. The summed E-state index contributed by atoms with van der Waals surface area (Å²) < 4.78 is 0.